The van der Waals surface area contributed by atoms with Crippen LogP contribution in [0, 0.1) is 17.1 Å². The van der Waals surface area contributed by atoms with Gasteiger partial charge in [-0.15, -0.1) is 11.3 Å². The Hall–Kier alpha value is -2.92. The van der Waals surface area contributed by atoms with Gasteiger partial charge in [-0.05, 0) is 49.4 Å². The highest BCUT2D eigenvalue weighted by Crippen LogP contribution is 2.36. The maximum absolute atomic E-state index is 13.0. The molecule has 2 aromatic rings. The third-order valence-electron chi connectivity index (χ3n) is 4.35. The lowest BCUT2D eigenvalue weighted by Crippen LogP contribution is -2.21. The van der Waals surface area contributed by atoms with Crippen LogP contribution in [0.2, 0.25) is 0 Å². The zero-order valence-corrected chi connectivity index (χ0v) is 15.3. The lowest BCUT2D eigenvalue weighted by Gasteiger charge is -2.07. The maximum Gasteiger partial charge on any atom is 0.340 e. The average molecular weight is 387 g/mol. The highest BCUT2D eigenvalue weighted by Gasteiger charge is 2.21. The number of halogens is 1. The van der Waals surface area contributed by atoms with Crippen LogP contribution in [0.3, 0.4) is 0 Å². The first-order valence-electron chi connectivity index (χ1n) is 8.56. The van der Waals surface area contributed by atoms with Gasteiger partial charge in [0, 0.05) is 10.6 Å². The van der Waals surface area contributed by atoms with Crippen LogP contribution in [0.15, 0.2) is 18.2 Å². The summed E-state index contributed by atoms with van der Waals surface area (Å²) in [5.74, 6) is -1.93. The van der Waals surface area contributed by atoms with Crippen molar-refractivity contribution in [1.29, 1.82) is 5.26 Å². The maximum atomic E-state index is 13.0. The Balaban J connectivity index is 1.64. The summed E-state index contributed by atoms with van der Waals surface area (Å²) >= 11 is 1.41. The standard InChI is InChI=1S/C19H18FN3O3S/c20-11-6-7-13(15(22)8-11)19(25)26-10-17(24)23-18-14(9-21)12-4-2-1-3-5-16(12)27-18/h6-8H,1-5,10,22H2,(H,23,24). The van der Waals surface area contributed by atoms with Crippen LogP contribution in [-0.2, 0) is 22.4 Å². The minimum atomic E-state index is -0.815. The molecule has 0 saturated carbocycles. The number of fused-ring (bicyclic) bond motifs is 1. The fraction of sp³-hybridized carbons (Fsp3) is 0.316. The van der Waals surface area contributed by atoms with Gasteiger partial charge in [-0.1, -0.05) is 6.42 Å². The van der Waals surface area contributed by atoms with E-state index in [-0.39, 0.29) is 11.3 Å². The second-order valence-electron chi connectivity index (χ2n) is 6.24. The highest BCUT2D eigenvalue weighted by atomic mass is 32.1. The number of nitrogens with one attached hydrogen (secondary N) is 1. The molecule has 8 heteroatoms. The molecule has 6 nitrogen and oxygen atoms in total. The third kappa shape index (κ3) is 4.26. The van der Waals surface area contributed by atoms with E-state index in [9.17, 15) is 19.2 Å². The summed E-state index contributed by atoms with van der Waals surface area (Å²) in [6, 6.07) is 5.48. The summed E-state index contributed by atoms with van der Waals surface area (Å²) in [5, 5.41) is 12.6. The lowest BCUT2D eigenvalue weighted by atomic mass is 10.1. The number of hydrogen-bond acceptors (Lipinski definition) is 6. The van der Waals surface area contributed by atoms with Gasteiger partial charge in [0.1, 0.15) is 16.9 Å². The van der Waals surface area contributed by atoms with Crippen LogP contribution in [0.25, 0.3) is 0 Å². The SMILES string of the molecule is N#Cc1c(NC(=O)COC(=O)c2ccc(F)cc2N)sc2c1CCCCC2. The quantitative estimate of drug-likeness (QED) is 0.475. The van der Waals surface area contributed by atoms with Crippen molar-refractivity contribution in [3.05, 3.63) is 45.6 Å². The Morgan fingerprint density at radius 2 is 2.07 bits per heavy atom. The molecule has 140 valence electrons. The summed E-state index contributed by atoms with van der Waals surface area (Å²) in [7, 11) is 0. The largest absolute Gasteiger partial charge is 0.452 e. The summed E-state index contributed by atoms with van der Waals surface area (Å²) in [6.07, 6.45) is 4.98. The number of hydrogen-bond donors (Lipinski definition) is 2. The number of nitrogens with two attached hydrogens (primary N) is 1. The van der Waals surface area contributed by atoms with Crippen LogP contribution < -0.4 is 11.1 Å². The topological polar surface area (TPSA) is 105 Å². The van der Waals surface area contributed by atoms with Gasteiger partial charge >= 0.3 is 5.97 Å². The Bertz CT molecular complexity index is 933. The van der Waals surface area contributed by atoms with Crippen LogP contribution in [0.1, 0.15) is 45.6 Å². The predicted molar refractivity (Wildman–Crippen MR) is 100 cm³/mol. The van der Waals surface area contributed by atoms with Gasteiger partial charge in [-0.3, -0.25) is 4.79 Å². The molecule has 0 saturated heterocycles. The van der Waals surface area contributed by atoms with Gasteiger partial charge in [0.25, 0.3) is 5.91 Å². The van der Waals surface area contributed by atoms with Gasteiger partial charge in [-0.25, -0.2) is 9.18 Å². The molecule has 1 heterocycles. The number of esters is 1. The number of nitrogens with zero attached hydrogens (tertiary/aromatic N) is 1. The van der Waals surface area contributed by atoms with Crippen LogP contribution in [-0.4, -0.2) is 18.5 Å². The van der Waals surface area contributed by atoms with Crippen LogP contribution in [0.4, 0.5) is 15.1 Å². The van der Waals surface area contributed by atoms with Crippen LogP contribution in [0.5, 0.6) is 0 Å². The van der Waals surface area contributed by atoms with Crippen molar-refractivity contribution in [2.75, 3.05) is 17.7 Å². The second-order valence-corrected chi connectivity index (χ2v) is 7.34. The number of nitriles is 1. The smallest absolute Gasteiger partial charge is 0.340 e. The summed E-state index contributed by atoms with van der Waals surface area (Å²) < 4.78 is 18.0. The lowest BCUT2D eigenvalue weighted by molar-refractivity contribution is -0.119. The molecule has 1 aromatic heterocycles. The monoisotopic (exact) mass is 387 g/mol. The highest BCUT2D eigenvalue weighted by molar-refractivity contribution is 7.16. The molecular weight excluding hydrogens is 369 g/mol. The number of anilines is 2. The number of rotatable bonds is 4. The minimum absolute atomic E-state index is 0.00949. The molecule has 1 amide bonds. The van der Waals surface area contributed by atoms with Crippen molar-refractivity contribution in [2.24, 2.45) is 0 Å². The molecule has 0 atom stereocenters. The minimum Gasteiger partial charge on any atom is -0.452 e. The Labute approximate surface area is 159 Å². The normalized spacial score (nSPS) is 13.2. The molecule has 0 aliphatic heterocycles. The van der Waals surface area contributed by atoms with Crippen molar-refractivity contribution < 1.29 is 18.7 Å². The Kier molecular flexibility index (Phi) is 5.72. The molecule has 27 heavy (non-hydrogen) atoms. The van der Waals surface area contributed by atoms with E-state index in [1.54, 1.807) is 0 Å². The van der Waals surface area contributed by atoms with Gasteiger partial charge < -0.3 is 15.8 Å². The number of carbonyl (C=O) groups excluding carboxylic acids is 2. The molecule has 0 fully saturated rings. The number of amides is 1. The van der Waals surface area contributed by atoms with E-state index in [0.29, 0.717) is 10.6 Å². The van der Waals surface area contributed by atoms with Crippen molar-refractivity contribution in [3.8, 4) is 6.07 Å². The number of thiophene rings is 1. The number of benzene rings is 1. The summed E-state index contributed by atoms with van der Waals surface area (Å²) in [6.45, 7) is -0.525. The van der Waals surface area contributed by atoms with E-state index in [1.165, 1.54) is 17.4 Å². The van der Waals surface area contributed by atoms with Crippen molar-refractivity contribution in [1.82, 2.24) is 0 Å². The van der Waals surface area contributed by atoms with Crippen LogP contribution >= 0.6 is 11.3 Å². The van der Waals surface area contributed by atoms with E-state index in [4.69, 9.17) is 10.5 Å². The molecule has 0 bridgehead atoms. The molecule has 0 unspecified atom stereocenters. The number of aryl methyl sites for hydroxylation is 1. The molecule has 3 N–H and O–H groups in total. The molecular formula is C19H18FN3O3S. The van der Waals surface area contributed by atoms with E-state index in [1.807, 2.05) is 0 Å². The molecule has 1 aliphatic rings. The van der Waals surface area contributed by atoms with Gasteiger partial charge in [0.15, 0.2) is 6.61 Å². The van der Waals surface area contributed by atoms with E-state index >= 15 is 0 Å². The first-order valence-corrected chi connectivity index (χ1v) is 9.38. The zero-order valence-electron chi connectivity index (χ0n) is 14.5. The van der Waals surface area contributed by atoms with E-state index < -0.39 is 24.3 Å². The van der Waals surface area contributed by atoms with Crippen molar-refractivity contribution in [2.45, 2.75) is 32.1 Å². The zero-order chi connectivity index (χ0) is 19.4. The molecule has 1 aliphatic carbocycles. The fourth-order valence-corrected chi connectivity index (χ4v) is 4.30. The number of ether oxygens (including phenoxy) is 1. The Morgan fingerprint density at radius 1 is 1.30 bits per heavy atom. The third-order valence-corrected chi connectivity index (χ3v) is 5.56. The van der Waals surface area contributed by atoms with Gasteiger partial charge in [0.05, 0.1) is 11.1 Å². The predicted octanol–water partition coefficient (Wildman–Crippen LogP) is 3.41. The summed E-state index contributed by atoms with van der Waals surface area (Å²) in [4.78, 5) is 25.3. The first-order chi connectivity index (χ1) is 13.0. The van der Waals surface area contributed by atoms with Gasteiger partial charge in [-0.2, -0.15) is 5.26 Å². The second kappa shape index (κ2) is 8.18. The molecule has 0 radical (unpaired) electrons. The Morgan fingerprint density at radius 3 is 2.81 bits per heavy atom. The fourth-order valence-electron chi connectivity index (χ4n) is 3.04. The number of nitrogen functional groups attached to an aromatic ring is 1. The molecule has 1 aromatic carbocycles. The van der Waals surface area contributed by atoms with Crippen molar-refractivity contribution in [3.63, 3.8) is 0 Å². The van der Waals surface area contributed by atoms with Gasteiger partial charge in [0.2, 0.25) is 0 Å². The molecule has 0 spiro atoms. The molecule has 3 rings (SSSR count). The summed E-state index contributed by atoms with van der Waals surface area (Å²) in [5.41, 5.74) is 7.03. The number of carbonyl (C=O) groups is 2. The van der Waals surface area contributed by atoms with E-state index in [0.717, 1.165) is 54.7 Å². The first kappa shape index (κ1) is 18.9. The average Bonchev–Trinajstić information content (AvgIpc) is 2.79. The van der Waals surface area contributed by atoms with Crippen molar-refractivity contribution >= 4 is 33.9 Å². The van der Waals surface area contributed by atoms with E-state index in [2.05, 4.69) is 11.4 Å².